The van der Waals surface area contributed by atoms with Crippen LogP contribution in [0.4, 0.5) is 0 Å². The van der Waals surface area contributed by atoms with Gasteiger partial charge >= 0.3 is 0 Å². The van der Waals surface area contributed by atoms with Crippen LogP contribution in [0.15, 0.2) is 9.98 Å². The van der Waals surface area contributed by atoms with E-state index in [0.717, 1.165) is 25.7 Å². The normalized spacial score (nSPS) is 11.2. The largest absolute Gasteiger partial charge is 0.237 e. The zero-order chi connectivity index (χ0) is 9.94. The molecule has 72 valence electrons. The predicted molar refractivity (Wildman–Crippen MR) is 48.8 cm³/mol. The van der Waals surface area contributed by atoms with Crippen molar-refractivity contribution in [2.45, 2.75) is 45.2 Å². The van der Waals surface area contributed by atoms with E-state index >= 15 is 0 Å². The van der Waals surface area contributed by atoms with Crippen molar-refractivity contribution in [1.29, 1.82) is 0 Å². The quantitative estimate of drug-likeness (QED) is 0.343. The predicted octanol–water partition coefficient (Wildman–Crippen LogP) is 1.95. The van der Waals surface area contributed by atoms with Gasteiger partial charge in [0.15, 0.2) is 6.17 Å². The molecular formula is C9H14N2O2. The highest BCUT2D eigenvalue weighted by Gasteiger charge is 2.02. The molecule has 0 aliphatic carbocycles. The lowest BCUT2D eigenvalue weighted by molar-refractivity contribution is 0.527. The first-order chi connectivity index (χ1) is 6.35. The summed E-state index contributed by atoms with van der Waals surface area (Å²) >= 11 is 0. The lowest BCUT2D eigenvalue weighted by atomic mass is 10.1. The van der Waals surface area contributed by atoms with E-state index in [2.05, 4.69) is 16.9 Å². The molecule has 0 saturated heterocycles. The van der Waals surface area contributed by atoms with Crippen molar-refractivity contribution in [3.05, 3.63) is 0 Å². The van der Waals surface area contributed by atoms with Crippen LogP contribution in [-0.4, -0.2) is 18.3 Å². The molecule has 0 aromatic heterocycles. The molecule has 0 spiro atoms. The third kappa shape index (κ3) is 7.13. The zero-order valence-electron chi connectivity index (χ0n) is 7.82. The number of unbranched alkanes of at least 4 members (excludes halogenated alkanes) is 3. The van der Waals surface area contributed by atoms with E-state index in [1.165, 1.54) is 12.2 Å². The van der Waals surface area contributed by atoms with Gasteiger partial charge in [-0.05, 0) is 12.8 Å². The highest BCUT2D eigenvalue weighted by atomic mass is 16.1. The summed E-state index contributed by atoms with van der Waals surface area (Å²) in [6.07, 6.45) is 7.17. The first kappa shape index (κ1) is 11.8. The van der Waals surface area contributed by atoms with E-state index in [4.69, 9.17) is 0 Å². The van der Waals surface area contributed by atoms with Crippen LogP contribution in [0.5, 0.6) is 0 Å². The third-order valence-electron chi connectivity index (χ3n) is 1.72. The van der Waals surface area contributed by atoms with Gasteiger partial charge in [0.05, 0.1) is 0 Å². The number of isocyanates is 2. The van der Waals surface area contributed by atoms with Crippen LogP contribution in [0, 0.1) is 0 Å². The molecular weight excluding hydrogens is 168 g/mol. The number of hydrogen-bond acceptors (Lipinski definition) is 4. The maximum atomic E-state index is 9.90. The van der Waals surface area contributed by atoms with Crippen molar-refractivity contribution < 1.29 is 9.59 Å². The van der Waals surface area contributed by atoms with Crippen molar-refractivity contribution >= 4 is 12.2 Å². The molecule has 0 fully saturated rings. The van der Waals surface area contributed by atoms with Gasteiger partial charge < -0.3 is 0 Å². The summed E-state index contributed by atoms with van der Waals surface area (Å²) < 4.78 is 0. The fourth-order valence-corrected chi connectivity index (χ4v) is 1.03. The second-order valence-corrected chi connectivity index (χ2v) is 2.77. The Bertz CT molecular complexity index is 198. The SMILES string of the molecule is CCCCCCC(N=C=O)N=C=O. The van der Waals surface area contributed by atoms with Crippen molar-refractivity contribution in [2.24, 2.45) is 9.98 Å². The van der Waals surface area contributed by atoms with Crippen LogP contribution in [-0.2, 0) is 9.59 Å². The van der Waals surface area contributed by atoms with E-state index in [-0.39, 0.29) is 0 Å². The number of aliphatic imine (C=N–C) groups is 2. The molecule has 0 rings (SSSR count). The lowest BCUT2D eigenvalue weighted by Crippen LogP contribution is -1.99. The van der Waals surface area contributed by atoms with Crippen LogP contribution in [0.3, 0.4) is 0 Å². The fourth-order valence-electron chi connectivity index (χ4n) is 1.03. The first-order valence-corrected chi connectivity index (χ1v) is 4.49. The van der Waals surface area contributed by atoms with E-state index in [1.807, 2.05) is 0 Å². The molecule has 0 amide bonds. The Morgan fingerprint density at radius 2 is 1.69 bits per heavy atom. The van der Waals surface area contributed by atoms with Gasteiger partial charge in [-0.2, -0.15) is 9.98 Å². The maximum Gasteiger partial charge on any atom is 0.237 e. The van der Waals surface area contributed by atoms with E-state index < -0.39 is 6.17 Å². The van der Waals surface area contributed by atoms with Gasteiger partial charge in [0.2, 0.25) is 12.2 Å². The van der Waals surface area contributed by atoms with Crippen LogP contribution >= 0.6 is 0 Å². The average Bonchev–Trinajstić information content (AvgIpc) is 2.13. The topological polar surface area (TPSA) is 58.9 Å². The molecule has 0 radical (unpaired) electrons. The minimum absolute atomic E-state index is 0.563. The molecule has 0 atom stereocenters. The second kappa shape index (κ2) is 8.85. The monoisotopic (exact) mass is 182 g/mol. The van der Waals surface area contributed by atoms with E-state index in [0.29, 0.717) is 6.42 Å². The number of rotatable bonds is 7. The van der Waals surface area contributed by atoms with Gasteiger partial charge in [0, 0.05) is 0 Å². The second-order valence-electron chi connectivity index (χ2n) is 2.77. The van der Waals surface area contributed by atoms with Gasteiger partial charge in [-0.1, -0.05) is 26.2 Å². The number of hydrogen-bond donors (Lipinski definition) is 0. The number of nitrogens with zero attached hydrogens (tertiary/aromatic N) is 2. The Balaban J connectivity index is 3.69. The molecule has 0 unspecified atom stereocenters. The molecule has 0 saturated carbocycles. The molecule has 4 heteroatoms. The Morgan fingerprint density at radius 1 is 1.08 bits per heavy atom. The maximum absolute atomic E-state index is 9.90. The van der Waals surface area contributed by atoms with Crippen LogP contribution < -0.4 is 0 Å². The van der Waals surface area contributed by atoms with Gasteiger partial charge in [-0.15, -0.1) is 0 Å². The Labute approximate surface area is 77.8 Å². The van der Waals surface area contributed by atoms with Crippen molar-refractivity contribution in [2.75, 3.05) is 0 Å². The summed E-state index contributed by atoms with van der Waals surface area (Å²) in [5, 5.41) is 0. The molecule has 0 aromatic rings. The van der Waals surface area contributed by atoms with Crippen LogP contribution in [0.25, 0.3) is 0 Å². The summed E-state index contributed by atoms with van der Waals surface area (Å²) in [6.45, 7) is 2.12. The lowest BCUT2D eigenvalue weighted by Gasteiger charge is -2.01. The summed E-state index contributed by atoms with van der Waals surface area (Å²) in [4.78, 5) is 26.5. The summed E-state index contributed by atoms with van der Waals surface area (Å²) in [5.74, 6) is 0. The van der Waals surface area contributed by atoms with E-state index in [1.54, 1.807) is 0 Å². The van der Waals surface area contributed by atoms with Gasteiger partial charge in [0.1, 0.15) is 0 Å². The summed E-state index contributed by atoms with van der Waals surface area (Å²) in [5.41, 5.74) is 0. The minimum atomic E-state index is -0.563. The molecule has 4 nitrogen and oxygen atoms in total. The molecule has 0 bridgehead atoms. The van der Waals surface area contributed by atoms with Gasteiger partial charge in [0.25, 0.3) is 0 Å². The molecule has 0 aliphatic rings. The first-order valence-electron chi connectivity index (χ1n) is 4.49. The highest BCUT2D eigenvalue weighted by molar-refractivity contribution is 5.36. The van der Waals surface area contributed by atoms with Crippen LogP contribution in [0.2, 0.25) is 0 Å². The Kier molecular flexibility index (Phi) is 8.01. The molecule has 0 heterocycles. The summed E-state index contributed by atoms with van der Waals surface area (Å²) in [7, 11) is 0. The van der Waals surface area contributed by atoms with Crippen molar-refractivity contribution in [3.63, 3.8) is 0 Å². The molecule has 0 N–H and O–H groups in total. The molecule has 0 aromatic carbocycles. The fraction of sp³-hybridized carbons (Fsp3) is 0.778. The molecule has 0 aliphatic heterocycles. The Hall–Kier alpha value is -1.24. The standard InChI is InChI=1S/C9H14N2O2/c1-2-3-4-5-6-9(10-7-12)11-8-13/h9H,2-6H2,1H3. The minimum Gasteiger partial charge on any atom is -0.211 e. The van der Waals surface area contributed by atoms with Crippen molar-refractivity contribution in [1.82, 2.24) is 0 Å². The average molecular weight is 182 g/mol. The third-order valence-corrected chi connectivity index (χ3v) is 1.72. The molecule has 13 heavy (non-hydrogen) atoms. The van der Waals surface area contributed by atoms with Gasteiger partial charge in [-0.3, -0.25) is 0 Å². The van der Waals surface area contributed by atoms with E-state index in [9.17, 15) is 9.59 Å². The summed E-state index contributed by atoms with van der Waals surface area (Å²) in [6, 6.07) is 0. The zero-order valence-corrected chi connectivity index (χ0v) is 7.82. The van der Waals surface area contributed by atoms with Crippen LogP contribution in [0.1, 0.15) is 39.0 Å². The van der Waals surface area contributed by atoms with Crippen molar-refractivity contribution in [3.8, 4) is 0 Å². The van der Waals surface area contributed by atoms with Gasteiger partial charge in [-0.25, -0.2) is 9.59 Å². The highest BCUT2D eigenvalue weighted by Crippen LogP contribution is 2.08. The Morgan fingerprint density at radius 3 is 2.15 bits per heavy atom. The smallest absolute Gasteiger partial charge is 0.211 e. The number of carbonyl (C=O) groups excluding carboxylic acids is 2.